The maximum absolute atomic E-state index is 11.8. The van der Waals surface area contributed by atoms with E-state index in [0.29, 0.717) is 16.3 Å². The molecule has 2 rings (SSSR count). The van der Waals surface area contributed by atoms with Gasteiger partial charge in [0.05, 0.1) is 18.6 Å². The molecule has 122 valence electrons. The van der Waals surface area contributed by atoms with Crippen LogP contribution in [-0.4, -0.2) is 23.5 Å². The van der Waals surface area contributed by atoms with Gasteiger partial charge in [0.25, 0.3) is 0 Å². The van der Waals surface area contributed by atoms with Crippen molar-refractivity contribution in [3.8, 4) is 0 Å². The fraction of sp³-hybridized carbons (Fsp3) is 0.250. The van der Waals surface area contributed by atoms with Gasteiger partial charge in [0.1, 0.15) is 0 Å². The smallest absolute Gasteiger partial charge is 0.313 e. The Bertz CT molecular complexity index is 685. The molecule has 0 fully saturated rings. The van der Waals surface area contributed by atoms with E-state index in [2.05, 4.69) is 10.6 Å². The predicted octanol–water partition coefficient (Wildman–Crippen LogP) is 2.42. The first-order chi connectivity index (χ1) is 11.0. The third-order valence-electron chi connectivity index (χ3n) is 3.29. The van der Waals surface area contributed by atoms with Crippen molar-refractivity contribution in [3.63, 3.8) is 0 Å². The molecule has 2 amide bonds. The van der Waals surface area contributed by atoms with Crippen molar-refractivity contribution in [2.45, 2.75) is 19.4 Å². The van der Waals surface area contributed by atoms with Gasteiger partial charge in [-0.05, 0) is 37.1 Å². The topological polar surface area (TPSA) is 91.6 Å². The maximum atomic E-state index is 11.8. The molecule has 0 aliphatic carbocycles. The molecule has 0 aliphatic heterocycles. The molecular formula is C16H17ClN2O4. The number of rotatable bonds is 5. The molecule has 0 saturated heterocycles. The summed E-state index contributed by atoms with van der Waals surface area (Å²) in [5.41, 5.74) is 1.90. The van der Waals surface area contributed by atoms with Crippen LogP contribution in [0.3, 0.4) is 0 Å². The largest absolute Gasteiger partial charge is 0.472 e. The van der Waals surface area contributed by atoms with Gasteiger partial charge in [0, 0.05) is 22.8 Å². The van der Waals surface area contributed by atoms with Crippen molar-refractivity contribution >= 4 is 29.1 Å². The van der Waals surface area contributed by atoms with Gasteiger partial charge in [-0.15, -0.1) is 0 Å². The zero-order valence-electron chi connectivity index (χ0n) is 12.5. The van der Waals surface area contributed by atoms with Crippen LogP contribution in [0.1, 0.15) is 23.7 Å². The first-order valence-corrected chi connectivity index (χ1v) is 7.40. The second-order valence-electron chi connectivity index (χ2n) is 5.03. The molecule has 0 radical (unpaired) electrons. The lowest BCUT2D eigenvalue weighted by Gasteiger charge is -2.11. The Hall–Kier alpha value is -2.31. The molecule has 1 unspecified atom stereocenters. The SMILES string of the molecule is Cc1ccc(Cl)cc1NC(=O)C(=O)NCCC(O)c1ccoc1. The van der Waals surface area contributed by atoms with E-state index in [-0.39, 0.29) is 13.0 Å². The number of aliphatic hydroxyl groups is 1. The number of hydrogen-bond acceptors (Lipinski definition) is 4. The lowest BCUT2D eigenvalue weighted by atomic mass is 10.1. The van der Waals surface area contributed by atoms with E-state index < -0.39 is 17.9 Å². The Morgan fingerprint density at radius 3 is 2.78 bits per heavy atom. The van der Waals surface area contributed by atoms with Crippen molar-refractivity contribution in [2.24, 2.45) is 0 Å². The molecule has 1 atom stereocenters. The molecule has 1 heterocycles. The van der Waals surface area contributed by atoms with Crippen LogP contribution in [0, 0.1) is 6.92 Å². The fourth-order valence-electron chi connectivity index (χ4n) is 1.94. The highest BCUT2D eigenvalue weighted by Gasteiger charge is 2.15. The molecule has 0 spiro atoms. The van der Waals surface area contributed by atoms with Gasteiger partial charge in [-0.3, -0.25) is 9.59 Å². The molecule has 1 aromatic heterocycles. The maximum Gasteiger partial charge on any atom is 0.313 e. The van der Waals surface area contributed by atoms with E-state index in [0.717, 1.165) is 5.56 Å². The number of amides is 2. The molecule has 1 aromatic carbocycles. The molecule has 3 N–H and O–H groups in total. The van der Waals surface area contributed by atoms with Gasteiger partial charge in [0.2, 0.25) is 0 Å². The van der Waals surface area contributed by atoms with E-state index in [4.69, 9.17) is 16.0 Å². The summed E-state index contributed by atoms with van der Waals surface area (Å²) in [6.07, 6.45) is 2.40. The van der Waals surface area contributed by atoms with E-state index in [1.54, 1.807) is 31.2 Å². The zero-order chi connectivity index (χ0) is 16.8. The average molecular weight is 337 g/mol. The zero-order valence-corrected chi connectivity index (χ0v) is 13.3. The van der Waals surface area contributed by atoms with E-state index in [1.165, 1.54) is 12.5 Å². The molecule has 0 aliphatic rings. The van der Waals surface area contributed by atoms with Crippen LogP contribution >= 0.6 is 11.6 Å². The van der Waals surface area contributed by atoms with Crippen LogP contribution in [0.4, 0.5) is 5.69 Å². The van der Waals surface area contributed by atoms with Crippen LogP contribution in [0.25, 0.3) is 0 Å². The number of benzene rings is 1. The number of aryl methyl sites for hydroxylation is 1. The van der Waals surface area contributed by atoms with Crippen LogP contribution in [0.5, 0.6) is 0 Å². The summed E-state index contributed by atoms with van der Waals surface area (Å²) in [5.74, 6) is -1.56. The number of hydrogen-bond donors (Lipinski definition) is 3. The molecule has 7 heteroatoms. The summed E-state index contributed by atoms with van der Waals surface area (Å²) in [7, 11) is 0. The molecule has 6 nitrogen and oxygen atoms in total. The highest BCUT2D eigenvalue weighted by Crippen LogP contribution is 2.20. The number of carbonyl (C=O) groups excluding carboxylic acids is 2. The van der Waals surface area contributed by atoms with Gasteiger partial charge >= 0.3 is 11.8 Å². The summed E-state index contributed by atoms with van der Waals surface area (Å²) in [6.45, 7) is 1.96. The lowest BCUT2D eigenvalue weighted by molar-refractivity contribution is -0.136. The minimum Gasteiger partial charge on any atom is -0.472 e. The Morgan fingerprint density at radius 1 is 1.30 bits per heavy atom. The molecular weight excluding hydrogens is 320 g/mol. The summed E-state index contributed by atoms with van der Waals surface area (Å²) < 4.78 is 4.87. The second kappa shape index (κ2) is 7.80. The minimum atomic E-state index is -0.784. The number of aliphatic hydroxyl groups excluding tert-OH is 1. The fourth-order valence-corrected chi connectivity index (χ4v) is 2.11. The van der Waals surface area contributed by atoms with Crippen molar-refractivity contribution in [3.05, 3.63) is 52.9 Å². The quantitative estimate of drug-likeness (QED) is 0.731. The number of halogens is 1. The molecule has 23 heavy (non-hydrogen) atoms. The van der Waals surface area contributed by atoms with Crippen molar-refractivity contribution in [2.75, 3.05) is 11.9 Å². The average Bonchev–Trinajstić information content (AvgIpc) is 3.05. The first-order valence-electron chi connectivity index (χ1n) is 7.03. The van der Waals surface area contributed by atoms with Gasteiger partial charge in [-0.1, -0.05) is 17.7 Å². The van der Waals surface area contributed by atoms with Crippen molar-refractivity contribution in [1.82, 2.24) is 5.32 Å². The second-order valence-corrected chi connectivity index (χ2v) is 5.47. The Balaban J connectivity index is 1.81. The third-order valence-corrected chi connectivity index (χ3v) is 3.52. The molecule has 0 bridgehead atoms. The minimum absolute atomic E-state index is 0.160. The number of carbonyl (C=O) groups is 2. The summed E-state index contributed by atoms with van der Waals surface area (Å²) in [5, 5.41) is 15.3. The Kier molecular flexibility index (Phi) is 5.78. The molecule has 2 aromatic rings. The predicted molar refractivity (Wildman–Crippen MR) is 86.1 cm³/mol. The van der Waals surface area contributed by atoms with Gasteiger partial charge in [-0.2, -0.15) is 0 Å². The van der Waals surface area contributed by atoms with E-state index in [9.17, 15) is 14.7 Å². The van der Waals surface area contributed by atoms with Crippen LogP contribution < -0.4 is 10.6 Å². The number of anilines is 1. The van der Waals surface area contributed by atoms with Crippen LogP contribution in [0.2, 0.25) is 5.02 Å². The highest BCUT2D eigenvalue weighted by molar-refractivity contribution is 6.40. The summed E-state index contributed by atoms with van der Waals surface area (Å²) in [4.78, 5) is 23.6. The summed E-state index contributed by atoms with van der Waals surface area (Å²) >= 11 is 5.86. The first kappa shape index (κ1) is 17.1. The number of nitrogens with one attached hydrogen (secondary N) is 2. The molecule has 0 saturated carbocycles. The van der Waals surface area contributed by atoms with Gasteiger partial charge in [-0.25, -0.2) is 0 Å². The van der Waals surface area contributed by atoms with E-state index in [1.807, 2.05) is 0 Å². The standard InChI is InChI=1S/C16H17ClN2O4/c1-10-2-3-12(17)8-13(10)19-16(22)15(21)18-6-4-14(20)11-5-7-23-9-11/h2-3,5,7-9,14,20H,4,6H2,1H3,(H,18,21)(H,19,22). The van der Waals surface area contributed by atoms with Crippen LogP contribution in [-0.2, 0) is 9.59 Å². The normalized spacial score (nSPS) is 11.8. The van der Waals surface area contributed by atoms with Crippen molar-refractivity contribution < 1.29 is 19.1 Å². The van der Waals surface area contributed by atoms with Crippen molar-refractivity contribution in [1.29, 1.82) is 0 Å². The van der Waals surface area contributed by atoms with Crippen LogP contribution in [0.15, 0.2) is 41.2 Å². The number of furan rings is 1. The van der Waals surface area contributed by atoms with Gasteiger partial charge < -0.3 is 20.2 Å². The lowest BCUT2D eigenvalue weighted by Crippen LogP contribution is -2.36. The third kappa shape index (κ3) is 4.84. The monoisotopic (exact) mass is 336 g/mol. The summed E-state index contributed by atoms with van der Waals surface area (Å²) in [6, 6.07) is 6.66. The Morgan fingerprint density at radius 2 is 2.09 bits per heavy atom. The Labute approximate surface area is 138 Å². The van der Waals surface area contributed by atoms with Gasteiger partial charge in [0.15, 0.2) is 0 Å². The van der Waals surface area contributed by atoms with E-state index >= 15 is 0 Å². The highest BCUT2D eigenvalue weighted by atomic mass is 35.5.